The van der Waals surface area contributed by atoms with Gasteiger partial charge in [0.05, 0.1) is 5.38 Å². The SMILES string of the molecule is Cc1cccc(C(Cl)Cc2ccc(Cl)cc2)c1. The Balaban J connectivity index is 2.11. The van der Waals surface area contributed by atoms with Gasteiger partial charge in [0.1, 0.15) is 0 Å². The second-order valence-electron chi connectivity index (χ2n) is 4.21. The number of hydrogen-bond acceptors (Lipinski definition) is 0. The second kappa shape index (κ2) is 5.57. The van der Waals surface area contributed by atoms with Crippen molar-refractivity contribution in [2.45, 2.75) is 18.7 Å². The van der Waals surface area contributed by atoms with E-state index in [4.69, 9.17) is 23.2 Å². The van der Waals surface area contributed by atoms with E-state index in [1.165, 1.54) is 16.7 Å². The Kier molecular flexibility index (Phi) is 4.09. The molecule has 0 aromatic heterocycles. The summed E-state index contributed by atoms with van der Waals surface area (Å²) in [5.41, 5.74) is 3.61. The Morgan fingerprint density at radius 2 is 1.76 bits per heavy atom. The molecule has 0 bridgehead atoms. The average molecular weight is 265 g/mol. The summed E-state index contributed by atoms with van der Waals surface area (Å²) in [4.78, 5) is 0. The molecule has 17 heavy (non-hydrogen) atoms. The van der Waals surface area contributed by atoms with Crippen LogP contribution in [0.25, 0.3) is 0 Å². The van der Waals surface area contributed by atoms with Gasteiger partial charge in [0.15, 0.2) is 0 Å². The molecule has 0 saturated heterocycles. The van der Waals surface area contributed by atoms with Crippen LogP contribution in [0.1, 0.15) is 22.1 Å². The van der Waals surface area contributed by atoms with E-state index in [0.717, 1.165) is 11.4 Å². The molecule has 0 amide bonds. The molecule has 0 heterocycles. The molecule has 2 rings (SSSR count). The maximum Gasteiger partial charge on any atom is 0.0625 e. The fourth-order valence-electron chi connectivity index (χ4n) is 1.81. The van der Waals surface area contributed by atoms with Crippen molar-refractivity contribution >= 4 is 23.2 Å². The molecule has 2 aromatic carbocycles. The first-order valence-corrected chi connectivity index (χ1v) is 6.41. The van der Waals surface area contributed by atoms with Gasteiger partial charge in [0, 0.05) is 5.02 Å². The number of alkyl halides is 1. The van der Waals surface area contributed by atoms with Crippen LogP contribution in [0, 0.1) is 6.92 Å². The summed E-state index contributed by atoms with van der Waals surface area (Å²) >= 11 is 12.3. The largest absolute Gasteiger partial charge is 0.117 e. The summed E-state index contributed by atoms with van der Waals surface area (Å²) in [6.07, 6.45) is 0.822. The molecule has 0 N–H and O–H groups in total. The van der Waals surface area contributed by atoms with Crippen molar-refractivity contribution in [3.05, 3.63) is 70.2 Å². The van der Waals surface area contributed by atoms with Crippen LogP contribution >= 0.6 is 23.2 Å². The summed E-state index contributed by atoms with van der Waals surface area (Å²) < 4.78 is 0. The van der Waals surface area contributed by atoms with Crippen molar-refractivity contribution < 1.29 is 0 Å². The molecule has 2 heteroatoms. The molecular weight excluding hydrogens is 251 g/mol. The van der Waals surface area contributed by atoms with E-state index >= 15 is 0 Å². The van der Waals surface area contributed by atoms with Crippen molar-refractivity contribution in [2.24, 2.45) is 0 Å². The maximum atomic E-state index is 6.42. The number of halogens is 2. The van der Waals surface area contributed by atoms with Gasteiger partial charge in [0.2, 0.25) is 0 Å². The molecule has 0 saturated carbocycles. The van der Waals surface area contributed by atoms with E-state index < -0.39 is 0 Å². The van der Waals surface area contributed by atoms with Gasteiger partial charge in [0.25, 0.3) is 0 Å². The third-order valence-electron chi connectivity index (χ3n) is 2.73. The van der Waals surface area contributed by atoms with Crippen LogP contribution in [-0.2, 0) is 6.42 Å². The summed E-state index contributed by atoms with van der Waals surface area (Å²) in [6, 6.07) is 16.2. The molecule has 0 aliphatic carbocycles. The zero-order chi connectivity index (χ0) is 12.3. The third kappa shape index (κ3) is 3.49. The zero-order valence-corrected chi connectivity index (χ0v) is 11.2. The Morgan fingerprint density at radius 1 is 1.06 bits per heavy atom. The average Bonchev–Trinajstić information content (AvgIpc) is 2.32. The lowest BCUT2D eigenvalue weighted by Crippen LogP contribution is -1.96. The maximum absolute atomic E-state index is 6.42. The molecular formula is C15H14Cl2. The van der Waals surface area contributed by atoms with Crippen LogP contribution in [0.3, 0.4) is 0 Å². The van der Waals surface area contributed by atoms with E-state index in [0.29, 0.717) is 0 Å². The van der Waals surface area contributed by atoms with Crippen LogP contribution in [0.4, 0.5) is 0 Å². The van der Waals surface area contributed by atoms with Gasteiger partial charge < -0.3 is 0 Å². The Labute approximate surface area is 112 Å². The van der Waals surface area contributed by atoms with E-state index in [1.54, 1.807) is 0 Å². The fraction of sp³-hybridized carbons (Fsp3) is 0.200. The molecule has 0 aliphatic heterocycles. The highest BCUT2D eigenvalue weighted by atomic mass is 35.5. The predicted molar refractivity (Wildman–Crippen MR) is 74.9 cm³/mol. The number of hydrogen-bond donors (Lipinski definition) is 0. The molecule has 88 valence electrons. The molecule has 0 spiro atoms. The molecule has 0 aliphatic rings. The van der Waals surface area contributed by atoms with E-state index in [2.05, 4.69) is 25.1 Å². The van der Waals surface area contributed by atoms with Gasteiger partial charge >= 0.3 is 0 Å². The van der Waals surface area contributed by atoms with Crippen LogP contribution in [0.15, 0.2) is 48.5 Å². The Morgan fingerprint density at radius 3 is 2.41 bits per heavy atom. The van der Waals surface area contributed by atoms with Crippen molar-refractivity contribution in [1.82, 2.24) is 0 Å². The topological polar surface area (TPSA) is 0 Å². The van der Waals surface area contributed by atoms with Crippen LogP contribution in [0.2, 0.25) is 5.02 Å². The first kappa shape index (κ1) is 12.5. The molecule has 1 unspecified atom stereocenters. The minimum Gasteiger partial charge on any atom is -0.117 e. The van der Waals surface area contributed by atoms with Gasteiger partial charge in [-0.15, -0.1) is 11.6 Å². The first-order valence-electron chi connectivity index (χ1n) is 5.60. The first-order chi connectivity index (χ1) is 8.15. The zero-order valence-electron chi connectivity index (χ0n) is 9.66. The highest BCUT2D eigenvalue weighted by Crippen LogP contribution is 2.26. The summed E-state index contributed by atoms with van der Waals surface area (Å²) in [6.45, 7) is 2.08. The standard InChI is InChI=1S/C15H14Cl2/c1-11-3-2-4-13(9-11)15(17)10-12-5-7-14(16)8-6-12/h2-9,15H,10H2,1H3. The van der Waals surface area contributed by atoms with Crippen molar-refractivity contribution in [1.29, 1.82) is 0 Å². The van der Waals surface area contributed by atoms with Gasteiger partial charge in [-0.2, -0.15) is 0 Å². The monoisotopic (exact) mass is 264 g/mol. The lowest BCUT2D eigenvalue weighted by atomic mass is 10.0. The van der Waals surface area contributed by atoms with Gasteiger partial charge in [-0.3, -0.25) is 0 Å². The van der Waals surface area contributed by atoms with E-state index in [1.807, 2.05) is 30.3 Å². The van der Waals surface area contributed by atoms with Gasteiger partial charge in [-0.05, 0) is 36.6 Å². The summed E-state index contributed by atoms with van der Waals surface area (Å²) in [5.74, 6) is 0. The van der Waals surface area contributed by atoms with E-state index in [-0.39, 0.29) is 5.38 Å². The van der Waals surface area contributed by atoms with Gasteiger partial charge in [-0.25, -0.2) is 0 Å². The second-order valence-corrected chi connectivity index (χ2v) is 5.18. The van der Waals surface area contributed by atoms with Crippen LogP contribution in [-0.4, -0.2) is 0 Å². The van der Waals surface area contributed by atoms with Gasteiger partial charge in [-0.1, -0.05) is 53.6 Å². The number of rotatable bonds is 3. The highest BCUT2D eigenvalue weighted by Gasteiger charge is 2.08. The Hall–Kier alpha value is -0.980. The van der Waals surface area contributed by atoms with Crippen LogP contribution < -0.4 is 0 Å². The molecule has 0 fully saturated rings. The molecule has 1 atom stereocenters. The van der Waals surface area contributed by atoms with Crippen molar-refractivity contribution in [3.8, 4) is 0 Å². The lowest BCUT2D eigenvalue weighted by molar-refractivity contribution is 0.918. The normalized spacial score (nSPS) is 12.4. The fourth-order valence-corrected chi connectivity index (χ4v) is 2.25. The molecule has 0 nitrogen and oxygen atoms in total. The third-order valence-corrected chi connectivity index (χ3v) is 3.39. The van der Waals surface area contributed by atoms with E-state index in [9.17, 15) is 0 Å². The number of aryl methyl sites for hydroxylation is 1. The molecule has 0 radical (unpaired) electrons. The smallest absolute Gasteiger partial charge is 0.0625 e. The van der Waals surface area contributed by atoms with Crippen molar-refractivity contribution in [2.75, 3.05) is 0 Å². The highest BCUT2D eigenvalue weighted by molar-refractivity contribution is 6.30. The quantitative estimate of drug-likeness (QED) is 0.671. The summed E-state index contributed by atoms with van der Waals surface area (Å²) in [5, 5.41) is 0.770. The minimum absolute atomic E-state index is 0.0103. The minimum atomic E-state index is 0.0103. The van der Waals surface area contributed by atoms with Crippen LogP contribution in [0.5, 0.6) is 0 Å². The summed E-state index contributed by atoms with van der Waals surface area (Å²) in [7, 11) is 0. The van der Waals surface area contributed by atoms with Crippen molar-refractivity contribution in [3.63, 3.8) is 0 Å². The molecule has 2 aromatic rings. The Bertz CT molecular complexity index is 489. The lowest BCUT2D eigenvalue weighted by Gasteiger charge is -2.10. The predicted octanol–water partition coefficient (Wildman–Crippen LogP) is 5.17. The number of benzene rings is 2.